The molecule has 29 heavy (non-hydrogen) atoms. The fourth-order valence-corrected chi connectivity index (χ4v) is 3.03. The van der Waals surface area contributed by atoms with Gasteiger partial charge in [-0.15, -0.1) is 0 Å². The first-order valence-corrected chi connectivity index (χ1v) is 9.66. The van der Waals surface area contributed by atoms with Gasteiger partial charge in [-0.1, -0.05) is 48.5 Å². The van der Waals surface area contributed by atoms with Crippen molar-refractivity contribution in [3.63, 3.8) is 0 Å². The molecule has 1 aliphatic heterocycles. The molecule has 0 aliphatic carbocycles. The van der Waals surface area contributed by atoms with Crippen molar-refractivity contribution in [2.45, 2.75) is 26.1 Å². The fraction of sp³-hybridized carbons (Fsp3) is 0.250. The molecule has 3 aromatic carbocycles. The van der Waals surface area contributed by atoms with Gasteiger partial charge in [-0.2, -0.15) is 0 Å². The Balaban J connectivity index is 1.25. The zero-order valence-corrected chi connectivity index (χ0v) is 16.1. The van der Waals surface area contributed by atoms with E-state index in [1.54, 1.807) is 0 Å². The van der Waals surface area contributed by atoms with Crippen LogP contribution in [0.4, 0.5) is 0 Å². The summed E-state index contributed by atoms with van der Waals surface area (Å²) in [5.74, 6) is 1.59. The van der Waals surface area contributed by atoms with Crippen molar-refractivity contribution in [3.05, 3.63) is 95.1 Å². The van der Waals surface area contributed by atoms with Crippen LogP contribution in [0.3, 0.4) is 0 Å². The Kier molecular flexibility index (Phi) is 6.42. The number of aliphatic hydroxyl groups is 1. The summed E-state index contributed by atoms with van der Waals surface area (Å²) in [5, 5.41) is 9.07. The molecule has 1 aliphatic rings. The van der Waals surface area contributed by atoms with Crippen LogP contribution in [0.15, 0.2) is 72.8 Å². The molecule has 0 saturated carbocycles. The van der Waals surface area contributed by atoms with Crippen LogP contribution >= 0.6 is 0 Å². The maximum absolute atomic E-state index is 9.07. The highest BCUT2D eigenvalue weighted by atomic mass is 16.7. The average molecular weight is 392 g/mol. The first kappa shape index (κ1) is 19.5. The Hall–Kier alpha value is -2.86. The molecule has 1 fully saturated rings. The van der Waals surface area contributed by atoms with Gasteiger partial charge in [0.2, 0.25) is 0 Å². The minimum absolute atomic E-state index is 0.0369. The number of rotatable bonds is 8. The van der Waals surface area contributed by atoms with E-state index in [-0.39, 0.29) is 12.9 Å². The van der Waals surface area contributed by atoms with Crippen LogP contribution in [0.1, 0.15) is 28.5 Å². The van der Waals surface area contributed by atoms with Crippen molar-refractivity contribution in [3.8, 4) is 11.5 Å². The van der Waals surface area contributed by atoms with E-state index in [4.69, 9.17) is 24.1 Å². The first-order chi connectivity index (χ1) is 14.3. The molecule has 0 bridgehead atoms. The lowest BCUT2D eigenvalue weighted by molar-refractivity contribution is -0.0441. The molecule has 150 valence electrons. The van der Waals surface area contributed by atoms with Gasteiger partial charge in [0.05, 0.1) is 19.8 Å². The number of hydrogen-bond donors (Lipinski definition) is 1. The Labute approximate surface area is 170 Å². The Morgan fingerprint density at radius 3 is 1.59 bits per heavy atom. The fourth-order valence-electron chi connectivity index (χ4n) is 3.03. The lowest BCUT2D eigenvalue weighted by Crippen LogP contribution is -2.00. The maximum Gasteiger partial charge on any atom is 0.184 e. The molecule has 0 radical (unpaired) electrons. The van der Waals surface area contributed by atoms with E-state index >= 15 is 0 Å². The summed E-state index contributed by atoms with van der Waals surface area (Å²) >= 11 is 0. The monoisotopic (exact) mass is 392 g/mol. The van der Waals surface area contributed by atoms with Gasteiger partial charge >= 0.3 is 0 Å². The number of benzene rings is 3. The van der Waals surface area contributed by atoms with Crippen LogP contribution in [0.2, 0.25) is 0 Å². The van der Waals surface area contributed by atoms with Crippen LogP contribution in [-0.4, -0.2) is 18.3 Å². The third-order valence-corrected chi connectivity index (χ3v) is 4.71. The molecular formula is C24H24O5. The van der Waals surface area contributed by atoms with Crippen molar-refractivity contribution in [2.24, 2.45) is 0 Å². The summed E-state index contributed by atoms with van der Waals surface area (Å²) in [4.78, 5) is 0. The van der Waals surface area contributed by atoms with Gasteiger partial charge in [0.15, 0.2) is 6.29 Å². The zero-order valence-electron chi connectivity index (χ0n) is 16.1. The molecule has 0 spiro atoms. The van der Waals surface area contributed by atoms with Gasteiger partial charge in [0.25, 0.3) is 0 Å². The minimum atomic E-state index is -0.243. The molecule has 1 saturated heterocycles. The average Bonchev–Trinajstić information content (AvgIpc) is 3.33. The highest BCUT2D eigenvalue weighted by Crippen LogP contribution is 2.24. The summed E-state index contributed by atoms with van der Waals surface area (Å²) in [6.45, 7) is 2.31. The second-order valence-electron chi connectivity index (χ2n) is 6.84. The van der Waals surface area contributed by atoms with E-state index in [9.17, 15) is 0 Å². The van der Waals surface area contributed by atoms with Gasteiger partial charge in [-0.3, -0.25) is 0 Å². The second-order valence-corrected chi connectivity index (χ2v) is 6.84. The molecular weight excluding hydrogens is 368 g/mol. The lowest BCUT2D eigenvalue weighted by Gasteiger charge is -2.11. The molecule has 0 amide bonds. The number of ether oxygens (including phenoxy) is 4. The molecule has 4 rings (SSSR count). The summed E-state index contributed by atoms with van der Waals surface area (Å²) in [6.07, 6.45) is -0.243. The minimum Gasteiger partial charge on any atom is -0.489 e. The van der Waals surface area contributed by atoms with Crippen molar-refractivity contribution >= 4 is 0 Å². The van der Waals surface area contributed by atoms with Crippen LogP contribution in [-0.2, 0) is 29.3 Å². The van der Waals surface area contributed by atoms with Crippen LogP contribution in [0.25, 0.3) is 0 Å². The third-order valence-electron chi connectivity index (χ3n) is 4.71. The molecule has 5 nitrogen and oxygen atoms in total. The molecule has 1 N–H and O–H groups in total. The van der Waals surface area contributed by atoms with Gasteiger partial charge in [0, 0.05) is 5.56 Å². The van der Waals surface area contributed by atoms with Gasteiger partial charge < -0.3 is 24.1 Å². The standard InChI is InChI=1S/C24H24O5/c25-15-18-3-9-22(10-4-18)29-17-20-5-11-23(12-6-20)28-16-19-1-7-21(8-2-19)24-26-13-14-27-24/h1-12,24-25H,13-17H2. The third kappa shape index (κ3) is 5.35. The van der Waals surface area contributed by atoms with Crippen LogP contribution in [0.5, 0.6) is 11.5 Å². The second kappa shape index (κ2) is 9.56. The quantitative estimate of drug-likeness (QED) is 0.616. The van der Waals surface area contributed by atoms with Gasteiger partial charge in [0.1, 0.15) is 24.7 Å². The molecule has 0 unspecified atom stereocenters. The Morgan fingerprint density at radius 2 is 1.10 bits per heavy atom. The lowest BCUT2D eigenvalue weighted by atomic mass is 10.1. The summed E-state index contributed by atoms with van der Waals surface area (Å²) in [5.41, 5.74) is 4.05. The molecule has 3 aromatic rings. The Morgan fingerprint density at radius 1 is 0.655 bits per heavy atom. The van der Waals surface area contributed by atoms with Crippen molar-refractivity contribution in [1.29, 1.82) is 0 Å². The number of hydrogen-bond acceptors (Lipinski definition) is 5. The largest absolute Gasteiger partial charge is 0.489 e. The summed E-state index contributed by atoms with van der Waals surface area (Å²) in [6, 6.07) is 23.4. The van der Waals surface area contributed by atoms with E-state index in [2.05, 4.69) is 0 Å². The highest BCUT2D eigenvalue weighted by Gasteiger charge is 2.17. The molecule has 1 heterocycles. The van der Waals surface area contributed by atoms with E-state index in [1.807, 2.05) is 72.8 Å². The van der Waals surface area contributed by atoms with Crippen molar-refractivity contribution < 1.29 is 24.1 Å². The summed E-state index contributed by atoms with van der Waals surface area (Å²) < 4.78 is 22.7. The molecule has 5 heteroatoms. The summed E-state index contributed by atoms with van der Waals surface area (Å²) in [7, 11) is 0. The normalized spacial score (nSPS) is 14.1. The Bertz CT molecular complexity index is 882. The van der Waals surface area contributed by atoms with Gasteiger partial charge in [-0.05, 0) is 41.0 Å². The highest BCUT2D eigenvalue weighted by molar-refractivity contribution is 5.30. The molecule has 0 aromatic heterocycles. The SMILES string of the molecule is OCc1ccc(OCc2ccc(OCc3ccc(C4OCCO4)cc3)cc2)cc1. The van der Waals surface area contributed by atoms with Crippen molar-refractivity contribution in [2.75, 3.05) is 13.2 Å². The van der Waals surface area contributed by atoms with E-state index in [0.717, 1.165) is 33.8 Å². The van der Waals surface area contributed by atoms with Crippen LogP contribution in [0, 0.1) is 0 Å². The van der Waals surface area contributed by atoms with Crippen LogP contribution < -0.4 is 9.47 Å². The van der Waals surface area contributed by atoms with E-state index in [1.165, 1.54) is 0 Å². The zero-order chi connectivity index (χ0) is 19.9. The topological polar surface area (TPSA) is 57.2 Å². The number of aliphatic hydroxyl groups excluding tert-OH is 1. The maximum atomic E-state index is 9.07. The van der Waals surface area contributed by atoms with Crippen molar-refractivity contribution in [1.82, 2.24) is 0 Å². The first-order valence-electron chi connectivity index (χ1n) is 9.66. The predicted molar refractivity (Wildman–Crippen MR) is 109 cm³/mol. The van der Waals surface area contributed by atoms with E-state index in [0.29, 0.717) is 26.4 Å². The predicted octanol–water partition coefficient (Wildman–Crippen LogP) is 4.38. The van der Waals surface area contributed by atoms with E-state index < -0.39 is 0 Å². The smallest absolute Gasteiger partial charge is 0.184 e. The molecule has 0 atom stereocenters. The van der Waals surface area contributed by atoms with Gasteiger partial charge in [-0.25, -0.2) is 0 Å².